The number of nitrogens with one attached hydrogen (secondary N) is 2. The molecule has 4 heterocycles. The van der Waals surface area contributed by atoms with E-state index >= 15 is 0 Å². The average Bonchev–Trinajstić information content (AvgIpc) is 3.54. The first kappa shape index (κ1) is 28.3. The summed E-state index contributed by atoms with van der Waals surface area (Å²) in [5, 5.41) is 21.4. The van der Waals surface area contributed by atoms with Crippen molar-refractivity contribution in [1.82, 2.24) is 29.3 Å². The zero-order valence-corrected chi connectivity index (χ0v) is 22.4. The van der Waals surface area contributed by atoms with Crippen LogP contribution in [0.3, 0.4) is 0 Å². The molecule has 0 radical (unpaired) electrons. The van der Waals surface area contributed by atoms with E-state index < -0.39 is 23.8 Å². The van der Waals surface area contributed by atoms with E-state index in [0.717, 1.165) is 5.69 Å². The van der Waals surface area contributed by atoms with Crippen LogP contribution in [0.4, 0.5) is 10.2 Å². The van der Waals surface area contributed by atoms with Gasteiger partial charge in [0.1, 0.15) is 17.7 Å². The molecule has 0 aliphatic heterocycles. The van der Waals surface area contributed by atoms with Crippen molar-refractivity contribution >= 4 is 45.2 Å². The third-order valence-corrected chi connectivity index (χ3v) is 6.84. The molecule has 5 aromatic rings. The molecule has 0 bridgehead atoms. The molecule has 1 aromatic carbocycles. The number of imidazole rings is 1. The van der Waals surface area contributed by atoms with Crippen LogP contribution < -0.4 is 10.9 Å². The summed E-state index contributed by atoms with van der Waals surface area (Å²) in [5.41, 5.74) is 3.06. The molecule has 12 nitrogen and oxygen atoms in total. The average molecular weight is 568 g/mol. The highest BCUT2D eigenvalue weighted by molar-refractivity contribution is 7.15. The van der Waals surface area contributed by atoms with Crippen LogP contribution in [0.25, 0.3) is 27.3 Å². The Kier molecular flexibility index (Phi) is 8.79. The second kappa shape index (κ2) is 12.4. The molecule has 0 fully saturated rings. The molecule has 0 saturated carbocycles. The highest BCUT2D eigenvalue weighted by Crippen LogP contribution is 2.29. The van der Waals surface area contributed by atoms with Crippen molar-refractivity contribution in [1.29, 1.82) is 0 Å². The predicted molar refractivity (Wildman–Crippen MR) is 147 cm³/mol. The summed E-state index contributed by atoms with van der Waals surface area (Å²) in [6.07, 6.45) is 3.99. The number of aromatic nitrogens is 6. The summed E-state index contributed by atoms with van der Waals surface area (Å²) in [4.78, 5) is 54.1. The minimum atomic E-state index is -0.870. The number of aliphatic carboxylic acids is 2. The van der Waals surface area contributed by atoms with Gasteiger partial charge in [0.15, 0.2) is 16.4 Å². The number of carboxylic acid groups (broad SMARTS) is 2. The lowest BCUT2D eigenvalue weighted by atomic mass is 10.0. The summed E-state index contributed by atoms with van der Waals surface area (Å²) in [6, 6.07) is 5.58. The van der Waals surface area contributed by atoms with E-state index in [-0.39, 0.29) is 18.4 Å². The predicted octanol–water partition coefficient (Wildman–Crippen LogP) is 4.43. The van der Waals surface area contributed by atoms with Gasteiger partial charge < -0.3 is 20.5 Å². The first-order valence-electron chi connectivity index (χ1n) is 12.3. The summed E-state index contributed by atoms with van der Waals surface area (Å²) in [7, 11) is 0. The Morgan fingerprint density at radius 1 is 1.15 bits per heavy atom. The topological polar surface area (TPSA) is 175 Å². The second-order valence-corrected chi connectivity index (χ2v) is 9.70. The van der Waals surface area contributed by atoms with Gasteiger partial charge in [-0.2, -0.15) is 0 Å². The molecule has 1 atom stereocenters. The van der Waals surface area contributed by atoms with Crippen LogP contribution in [0.15, 0.2) is 47.1 Å². The Morgan fingerprint density at radius 3 is 2.55 bits per heavy atom. The van der Waals surface area contributed by atoms with E-state index in [1.807, 2.05) is 19.2 Å². The largest absolute Gasteiger partial charge is 0.481 e. The summed E-state index contributed by atoms with van der Waals surface area (Å²) in [5.74, 6) is -1.64. The molecule has 0 saturated heterocycles. The molecule has 0 spiro atoms. The normalized spacial score (nSPS) is 11.7. The Morgan fingerprint density at radius 2 is 1.88 bits per heavy atom. The van der Waals surface area contributed by atoms with Gasteiger partial charge in [0.25, 0.3) is 5.56 Å². The van der Waals surface area contributed by atoms with Crippen LogP contribution in [-0.4, -0.2) is 51.5 Å². The maximum atomic E-state index is 14.0. The van der Waals surface area contributed by atoms with Gasteiger partial charge in [-0.3, -0.25) is 18.8 Å². The van der Waals surface area contributed by atoms with Crippen LogP contribution in [0.1, 0.15) is 50.0 Å². The van der Waals surface area contributed by atoms with Crippen LogP contribution in [-0.2, 0) is 9.59 Å². The molecule has 4 N–H and O–H groups in total. The Bertz CT molecular complexity index is 1720. The molecule has 40 heavy (non-hydrogen) atoms. The van der Waals surface area contributed by atoms with Crippen LogP contribution in [0.5, 0.6) is 0 Å². The molecule has 0 aliphatic carbocycles. The smallest absolute Gasteiger partial charge is 0.303 e. The van der Waals surface area contributed by atoms with Gasteiger partial charge in [0.05, 0.1) is 23.6 Å². The SMILES string of the molecule is Cc1csc2nc([C@H](C)Nc3ncnc4[nH]cnc34)c(-c3cccc(F)c3)c(=O)n12.O=C(O)CCCCC(=O)O. The number of anilines is 1. The lowest BCUT2D eigenvalue weighted by Gasteiger charge is -2.18. The highest BCUT2D eigenvalue weighted by atomic mass is 32.1. The lowest BCUT2D eigenvalue weighted by Crippen LogP contribution is -2.23. The Balaban J connectivity index is 0.000000318. The van der Waals surface area contributed by atoms with Gasteiger partial charge in [-0.1, -0.05) is 12.1 Å². The van der Waals surface area contributed by atoms with Gasteiger partial charge in [0, 0.05) is 23.9 Å². The van der Waals surface area contributed by atoms with Gasteiger partial charge >= 0.3 is 11.9 Å². The van der Waals surface area contributed by atoms with Crippen LogP contribution in [0, 0.1) is 12.7 Å². The fourth-order valence-corrected chi connectivity index (χ4v) is 4.89. The highest BCUT2D eigenvalue weighted by Gasteiger charge is 2.22. The third-order valence-electron chi connectivity index (χ3n) is 5.89. The molecular weight excluding hydrogens is 541 g/mol. The summed E-state index contributed by atoms with van der Waals surface area (Å²) < 4.78 is 15.5. The fourth-order valence-electron chi connectivity index (χ4n) is 4.02. The number of nitrogens with zero attached hydrogens (tertiary/aromatic N) is 5. The van der Waals surface area contributed by atoms with Crippen molar-refractivity contribution < 1.29 is 24.2 Å². The number of fused-ring (bicyclic) bond motifs is 2. The lowest BCUT2D eigenvalue weighted by molar-refractivity contribution is -0.139. The molecule has 208 valence electrons. The van der Waals surface area contributed by atoms with E-state index in [9.17, 15) is 18.8 Å². The number of H-pyrrole nitrogens is 1. The number of hydrogen-bond acceptors (Lipinski definition) is 9. The second-order valence-electron chi connectivity index (χ2n) is 8.87. The minimum absolute atomic E-state index is 0.0628. The van der Waals surface area contributed by atoms with Gasteiger partial charge in [-0.25, -0.2) is 24.3 Å². The van der Waals surface area contributed by atoms with E-state index in [2.05, 4.69) is 25.3 Å². The number of thiazole rings is 1. The van der Waals surface area contributed by atoms with Crippen LogP contribution >= 0.6 is 11.3 Å². The van der Waals surface area contributed by atoms with Crippen molar-refractivity contribution in [2.75, 3.05) is 5.32 Å². The van der Waals surface area contributed by atoms with E-state index in [4.69, 9.17) is 15.2 Å². The molecule has 0 aliphatic rings. The molecule has 14 heteroatoms. The van der Waals surface area contributed by atoms with Crippen molar-refractivity contribution in [2.45, 2.75) is 45.6 Å². The van der Waals surface area contributed by atoms with Crippen molar-refractivity contribution in [2.24, 2.45) is 0 Å². The first-order chi connectivity index (χ1) is 19.2. The molecule has 0 unspecified atom stereocenters. The molecule has 4 aromatic heterocycles. The number of unbranched alkanes of at least 4 members (excludes halogenated alkanes) is 1. The van der Waals surface area contributed by atoms with Gasteiger partial charge in [0.2, 0.25) is 0 Å². The van der Waals surface area contributed by atoms with Gasteiger partial charge in [-0.05, 0) is 44.4 Å². The number of aromatic amines is 1. The number of carboxylic acids is 2. The maximum Gasteiger partial charge on any atom is 0.303 e. The first-order valence-corrected chi connectivity index (χ1v) is 13.1. The van der Waals surface area contributed by atoms with Gasteiger partial charge in [-0.15, -0.1) is 11.3 Å². The standard InChI is InChI=1S/C20H16FN7OS.C6H10O4/c1-10-7-30-20-27-15(11(2)26-18-16-17(23-8-22-16)24-9-25-18)14(19(29)28(10)20)12-4-3-5-13(21)6-12;7-5(8)3-1-2-4-6(9)10/h3-9,11H,1-2H3,(H2,22,23,24,25,26);1-4H2,(H,7,8)(H,9,10)/t11-;/m0./s1. The van der Waals surface area contributed by atoms with E-state index in [1.165, 1.54) is 29.8 Å². The Hall–Kier alpha value is -4.72. The van der Waals surface area contributed by atoms with Crippen molar-refractivity contribution in [3.63, 3.8) is 0 Å². The Labute approximate surface area is 230 Å². The van der Waals surface area contributed by atoms with Crippen LogP contribution in [0.2, 0.25) is 0 Å². The fraction of sp³-hybridized carbons (Fsp3) is 0.269. The monoisotopic (exact) mass is 567 g/mol. The third kappa shape index (κ3) is 6.46. The van der Waals surface area contributed by atoms with E-state index in [0.29, 0.717) is 51.6 Å². The zero-order chi connectivity index (χ0) is 28.8. The molecule has 5 rings (SSSR count). The number of hydrogen-bond donors (Lipinski definition) is 4. The molecule has 0 amide bonds. The number of rotatable bonds is 9. The summed E-state index contributed by atoms with van der Waals surface area (Å²) in [6.45, 7) is 3.72. The maximum absolute atomic E-state index is 14.0. The molecular formula is C26H26FN7O5S. The zero-order valence-electron chi connectivity index (χ0n) is 21.6. The van der Waals surface area contributed by atoms with Crippen molar-refractivity contribution in [3.8, 4) is 11.1 Å². The van der Waals surface area contributed by atoms with Crippen molar-refractivity contribution in [3.05, 3.63) is 69.9 Å². The number of halogens is 1. The number of benzene rings is 1. The number of aryl methyl sites for hydroxylation is 1. The summed E-state index contributed by atoms with van der Waals surface area (Å²) >= 11 is 1.38. The minimum Gasteiger partial charge on any atom is -0.481 e. The quantitative estimate of drug-likeness (QED) is 0.186. The number of carbonyl (C=O) groups is 2. The van der Waals surface area contributed by atoms with E-state index in [1.54, 1.807) is 22.9 Å².